The minimum absolute atomic E-state index is 0.150. The monoisotopic (exact) mass is 550 g/mol. The topological polar surface area (TPSA) is 94.6 Å². The Bertz CT molecular complexity index is 1030. The Kier molecular flexibility index (Phi) is 14.0. The van der Waals surface area contributed by atoms with E-state index in [0.717, 1.165) is 88.9 Å². The SMILES string of the molecule is CCC(CC)CC(=O)NC(CCN(CCCCc1ccccc1)CCCCc1ccc2c(n1)NCCC2)C(=O)O. The molecule has 7 heteroatoms. The van der Waals surface area contributed by atoms with Gasteiger partial charge in [-0.05, 0) is 94.0 Å². The van der Waals surface area contributed by atoms with Crippen LogP contribution in [0.5, 0.6) is 0 Å². The van der Waals surface area contributed by atoms with E-state index in [1.54, 1.807) is 0 Å². The fraction of sp³-hybridized carbons (Fsp3) is 0.606. The van der Waals surface area contributed by atoms with Crippen molar-refractivity contribution in [2.45, 2.75) is 96.9 Å². The van der Waals surface area contributed by atoms with Gasteiger partial charge in [-0.25, -0.2) is 9.78 Å². The highest BCUT2D eigenvalue weighted by molar-refractivity contribution is 5.83. The first-order valence-electron chi connectivity index (χ1n) is 15.5. The van der Waals surface area contributed by atoms with Gasteiger partial charge in [-0.2, -0.15) is 0 Å². The number of aromatic nitrogens is 1. The molecule has 40 heavy (non-hydrogen) atoms. The zero-order valence-electron chi connectivity index (χ0n) is 24.7. The average Bonchev–Trinajstić information content (AvgIpc) is 2.98. The fourth-order valence-corrected chi connectivity index (χ4v) is 5.46. The molecule has 0 spiro atoms. The molecule has 0 bridgehead atoms. The number of unbranched alkanes of at least 4 members (excludes halogenated alkanes) is 2. The summed E-state index contributed by atoms with van der Waals surface area (Å²) in [5.74, 6) is 0.252. The van der Waals surface area contributed by atoms with E-state index in [1.165, 1.54) is 17.5 Å². The summed E-state index contributed by atoms with van der Waals surface area (Å²) in [6.45, 7) is 7.66. The fourth-order valence-electron chi connectivity index (χ4n) is 5.46. The third-order valence-electron chi connectivity index (χ3n) is 8.14. The minimum atomic E-state index is -0.950. The van der Waals surface area contributed by atoms with E-state index in [-0.39, 0.29) is 5.91 Å². The van der Waals surface area contributed by atoms with Gasteiger partial charge in [0.1, 0.15) is 11.9 Å². The molecule has 0 saturated carbocycles. The lowest BCUT2D eigenvalue weighted by Gasteiger charge is -2.25. The Morgan fingerprint density at radius 2 is 1.70 bits per heavy atom. The van der Waals surface area contributed by atoms with Crippen molar-refractivity contribution in [1.29, 1.82) is 0 Å². The molecule has 1 amide bonds. The lowest BCUT2D eigenvalue weighted by atomic mass is 9.99. The molecule has 1 aliphatic heterocycles. The van der Waals surface area contributed by atoms with Gasteiger partial charge in [0.05, 0.1) is 0 Å². The number of nitrogens with one attached hydrogen (secondary N) is 2. The molecule has 2 aromatic rings. The summed E-state index contributed by atoms with van der Waals surface area (Å²) >= 11 is 0. The normalized spacial score (nSPS) is 13.6. The summed E-state index contributed by atoms with van der Waals surface area (Å²) in [5.41, 5.74) is 3.80. The number of anilines is 1. The number of pyridine rings is 1. The van der Waals surface area contributed by atoms with Crippen LogP contribution < -0.4 is 10.6 Å². The van der Waals surface area contributed by atoms with Crippen LogP contribution in [-0.4, -0.2) is 59.1 Å². The summed E-state index contributed by atoms with van der Waals surface area (Å²) in [5, 5.41) is 16.0. The van der Waals surface area contributed by atoms with Gasteiger partial charge in [-0.3, -0.25) is 4.79 Å². The van der Waals surface area contributed by atoms with E-state index in [0.29, 0.717) is 25.3 Å². The lowest BCUT2D eigenvalue weighted by Crippen LogP contribution is -2.43. The van der Waals surface area contributed by atoms with Crippen molar-refractivity contribution in [3.8, 4) is 0 Å². The number of rotatable bonds is 19. The van der Waals surface area contributed by atoms with Crippen LogP contribution >= 0.6 is 0 Å². The van der Waals surface area contributed by atoms with Crippen LogP contribution in [0.3, 0.4) is 0 Å². The first kappa shape index (κ1) is 31.6. The van der Waals surface area contributed by atoms with Gasteiger partial charge >= 0.3 is 5.97 Å². The highest BCUT2D eigenvalue weighted by Crippen LogP contribution is 2.20. The minimum Gasteiger partial charge on any atom is -0.480 e. The third kappa shape index (κ3) is 11.3. The molecule has 1 unspecified atom stereocenters. The molecule has 220 valence electrons. The number of carboxylic acids is 1. The van der Waals surface area contributed by atoms with Gasteiger partial charge in [-0.15, -0.1) is 0 Å². The summed E-state index contributed by atoms with van der Waals surface area (Å²) < 4.78 is 0. The molecule has 7 nitrogen and oxygen atoms in total. The zero-order chi connectivity index (χ0) is 28.6. The van der Waals surface area contributed by atoms with Crippen LogP contribution in [0, 0.1) is 5.92 Å². The number of fused-ring (bicyclic) bond motifs is 1. The van der Waals surface area contributed by atoms with Gasteiger partial charge in [0.2, 0.25) is 5.91 Å². The van der Waals surface area contributed by atoms with Crippen molar-refractivity contribution in [2.24, 2.45) is 5.92 Å². The Morgan fingerprint density at radius 1 is 0.975 bits per heavy atom. The lowest BCUT2D eigenvalue weighted by molar-refractivity contribution is -0.142. The first-order valence-corrected chi connectivity index (χ1v) is 15.5. The summed E-state index contributed by atoms with van der Waals surface area (Å²) in [4.78, 5) is 31.7. The number of hydrogen-bond acceptors (Lipinski definition) is 5. The van der Waals surface area contributed by atoms with Crippen LogP contribution in [0.1, 0.15) is 88.5 Å². The van der Waals surface area contributed by atoms with Gasteiger partial charge in [-0.1, -0.05) is 63.1 Å². The number of carbonyl (C=O) groups excluding carboxylic acids is 1. The molecule has 0 radical (unpaired) electrons. The Morgan fingerprint density at radius 3 is 2.40 bits per heavy atom. The van der Waals surface area contributed by atoms with Gasteiger partial charge in [0.25, 0.3) is 0 Å². The van der Waals surface area contributed by atoms with Crippen molar-refractivity contribution >= 4 is 17.7 Å². The van der Waals surface area contributed by atoms with Crippen LogP contribution in [0.2, 0.25) is 0 Å². The molecule has 0 fully saturated rings. The molecule has 1 aromatic heterocycles. The van der Waals surface area contributed by atoms with E-state index < -0.39 is 12.0 Å². The van der Waals surface area contributed by atoms with E-state index in [2.05, 4.69) is 65.8 Å². The van der Waals surface area contributed by atoms with E-state index in [9.17, 15) is 14.7 Å². The number of nitrogens with zero attached hydrogens (tertiary/aromatic N) is 2. The summed E-state index contributed by atoms with van der Waals surface area (Å²) in [6.07, 6.45) is 11.2. The molecule has 0 aliphatic carbocycles. The molecule has 1 aliphatic rings. The molecule has 2 heterocycles. The Hall–Kier alpha value is -2.93. The molecule has 1 atom stereocenters. The van der Waals surface area contributed by atoms with Crippen LogP contribution in [-0.2, 0) is 28.9 Å². The number of hydrogen-bond donors (Lipinski definition) is 3. The van der Waals surface area contributed by atoms with E-state index in [1.807, 2.05) is 6.07 Å². The number of aliphatic carboxylic acids is 1. The van der Waals surface area contributed by atoms with Crippen molar-refractivity contribution in [2.75, 3.05) is 31.5 Å². The Labute approximate surface area is 241 Å². The summed E-state index contributed by atoms with van der Waals surface area (Å²) in [7, 11) is 0. The Balaban J connectivity index is 1.49. The summed E-state index contributed by atoms with van der Waals surface area (Å²) in [6, 6.07) is 14.1. The second-order valence-electron chi connectivity index (χ2n) is 11.2. The number of carboxylic acid groups (broad SMARTS) is 1. The number of benzene rings is 1. The second kappa shape index (κ2) is 17.7. The van der Waals surface area contributed by atoms with Crippen molar-refractivity contribution in [3.05, 3.63) is 59.3 Å². The largest absolute Gasteiger partial charge is 0.480 e. The number of carbonyl (C=O) groups is 2. The van der Waals surface area contributed by atoms with Gasteiger partial charge < -0.3 is 20.6 Å². The van der Waals surface area contributed by atoms with Crippen LogP contribution in [0.25, 0.3) is 0 Å². The highest BCUT2D eigenvalue weighted by atomic mass is 16.4. The molecule has 3 N–H and O–H groups in total. The molecule has 1 aromatic carbocycles. The third-order valence-corrected chi connectivity index (χ3v) is 8.14. The predicted molar refractivity (Wildman–Crippen MR) is 163 cm³/mol. The van der Waals surface area contributed by atoms with Crippen molar-refractivity contribution in [1.82, 2.24) is 15.2 Å². The second-order valence-corrected chi connectivity index (χ2v) is 11.2. The van der Waals surface area contributed by atoms with E-state index in [4.69, 9.17) is 4.98 Å². The maximum absolute atomic E-state index is 12.5. The quantitative estimate of drug-likeness (QED) is 0.189. The molecular weight excluding hydrogens is 500 g/mol. The number of amides is 1. The van der Waals surface area contributed by atoms with Gasteiger partial charge in [0.15, 0.2) is 0 Å². The predicted octanol–water partition coefficient (Wildman–Crippen LogP) is 5.87. The van der Waals surface area contributed by atoms with Crippen molar-refractivity contribution < 1.29 is 14.7 Å². The van der Waals surface area contributed by atoms with Crippen LogP contribution in [0.15, 0.2) is 42.5 Å². The van der Waals surface area contributed by atoms with Crippen molar-refractivity contribution in [3.63, 3.8) is 0 Å². The average molecular weight is 551 g/mol. The van der Waals surface area contributed by atoms with E-state index >= 15 is 0 Å². The first-order chi connectivity index (χ1) is 19.5. The van der Waals surface area contributed by atoms with Gasteiger partial charge in [0, 0.05) is 25.2 Å². The zero-order valence-corrected chi connectivity index (χ0v) is 24.7. The smallest absolute Gasteiger partial charge is 0.326 e. The molecule has 3 rings (SSSR count). The molecule has 0 saturated heterocycles. The maximum Gasteiger partial charge on any atom is 0.326 e. The highest BCUT2D eigenvalue weighted by Gasteiger charge is 2.22. The molecular formula is C33H50N4O3. The standard InChI is InChI=1S/C33H50N4O3/c1-3-26(4-2)25-31(38)36-30(33(39)40)20-24-37(22-10-8-15-27-13-6-5-7-14-27)23-11-9-17-29-19-18-28-16-12-21-34-32(28)35-29/h5-7,13-14,18-19,26,30H,3-4,8-12,15-17,20-25H2,1-2H3,(H,34,35)(H,36,38)(H,39,40). The maximum atomic E-state index is 12.5. The van der Waals surface area contributed by atoms with Crippen LogP contribution in [0.4, 0.5) is 5.82 Å². The number of aryl methyl sites for hydroxylation is 3.